The molecule has 0 aromatic carbocycles. The van der Waals surface area contributed by atoms with Crippen molar-refractivity contribution in [1.29, 1.82) is 0 Å². The first-order valence-electron chi connectivity index (χ1n) is 3.55. The van der Waals surface area contributed by atoms with Crippen LogP contribution in [0.2, 0.25) is 0 Å². The van der Waals surface area contributed by atoms with Crippen molar-refractivity contribution in [3.05, 3.63) is 17.8 Å². The lowest BCUT2D eigenvalue weighted by Crippen LogP contribution is -2.26. The number of nitrogens with zero attached hydrogens (tertiary/aromatic N) is 1. The summed E-state index contributed by atoms with van der Waals surface area (Å²) in [7, 11) is 0. The van der Waals surface area contributed by atoms with Gasteiger partial charge in [0.05, 0.1) is 12.3 Å². The minimum absolute atomic E-state index is 0.0844. The number of aliphatic hydroxyl groups excluding tert-OH is 1. The van der Waals surface area contributed by atoms with Crippen molar-refractivity contribution in [3.63, 3.8) is 0 Å². The van der Waals surface area contributed by atoms with Crippen LogP contribution in [0.1, 0.15) is 16.2 Å². The lowest BCUT2D eigenvalue weighted by molar-refractivity contribution is 0.0916. The molecule has 1 aromatic heterocycles. The fraction of sp³-hybridized carbons (Fsp3) is 0.429. The van der Waals surface area contributed by atoms with Gasteiger partial charge in [-0.2, -0.15) is 0 Å². The van der Waals surface area contributed by atoms with Crippen LogP contribution in [0.15, 0.2) is 10.8 Å². The number of amides is 1. The van der Waals surface area contributed by atoms with Gasteiger partial charge in [0, 0.05) is 6.54 Å². The maximum atomic E-state index is 11.1. The fourth-order valence-corrected chi connectivity index (χ4v) is 0.770. The number of aryl methyl sites for hydroxylation is 1. The van der Waals surface area contributed by atoms with Crippen molar-refractivity contribution in [3.8, 4) is 0 Å². The molecule has 0 spiro atoms. The van der Waals surface area contributed by atoms with Gasteiger partial charge in [-0.05, 0) is 6.92 Å². The van der Waals surface area contributed by atoms with E-state index < -0.39 is 0 Å². The summed E-state index contributed by atoms with van der Waals surface area (Å²) in [5.74, 6) is -0.150. The molecule has 0 aliphatic carbocycles. The molecule has 1 heterocycles. The van der Waals surface area contributed by atoms with Crippen LogP contribution < -0.4 is 5.32 Å². The molecule has 0 unspecified atom stereocenters. The van der Waals surface area contributed by atoms with E-state index in [1.807, 2.05) is 0 Å². The molecule has 0 radical (unpaired) electrons. The van der Waals surface area contributed by atoms with Gasteiger partial charge in [-0.15, -0.1) is 0 Å². The van der Waals surface area contributed by atoms with Gasteiger partial charge in [-0.3, -0.25) is 4.79 Å². The summed E-state index contributed by atoms with van der Waals surface area (Å²) in [5.41, 5.74) is 0.547. The highest BCUT2D eigenvalue weighted by Gasteiger charge is 2.12. The van der Waals surface area contributed by atoms with E-state index in [9.17, 15) is 4.79 Å². The van der Waals surface area contributed by atoms with Gasteiger partial charge in [0.15, 0.2) is 6.39 Å². The molecular weight excluding hydrogens is 160 g/mol. The molecule has 2 N–H and O–H groups in total. The molecule has 0 fully saturated rings. The monoisotopic (exact) mass is 170 g/mol. The Hall–Kier alpha value is -1.36. The minimum atomic E-state index is -0.348. The summed E-state index contributed by atoms with van der Waals surface area (Å²) < 4.78 is 4.82. The second kappa shape index (κ2) is 3.87. The van der Waals surface area contributed by atoms with Gasteiger partial charge in [0.1, 0.15) is 0 Å². The number of oxazole rings is 1. The predicted octanol–water partition coefficient (Wildman–Crippen LogP) is -0.295. The zero-order valence-corrected chi connectivity index (χ0v) is 6.70. The molecule has 5 heteroatoms. The van der Waals surface area contributed by atoms with Crippen molar-refractivity contribution >= 4 is 5.91 Å². The number of hydrogen-bond acceptors (Lipinski definition) is 4. The van der Waals surface area contributed by atoms with Crippen LogP contribution in [-0.2, 0) is 0 Å². The molecule has 0 atom stereocenters. The number of carbonyl (C=O) groups is 1. The maximum absolute atomic E-state index is 11.1. The molecule has 0 bridgehead atoms. The largest absolute Gasteiger partial charge is 0.438 e. The van der Waals surface area contributed by atoms with Crippen LogP contribution in [-0.4, -0.2) is 29.1 Å². The zero-order chi connectivity index (χ0) is 8.97. The number of hydrogen-bond donors (Lipinski definition) is 2. The Morgan fingerprint density at radius 3 is 3.08 bits per heavy atom. The Kier molecular flexibility index (Phi) is 2.82. The summed E-state index contributed by atoms with van der Waals surface area (Å²) >= 11 is 0. The summed E-state index contributed by atoms with van der Waals surface area (Å²) in [6, 6.07) is 0. The van der Waals surface area contributed by atoms with Gasteiger partial charge in [-0.25, -0.2) is 4.98 Å². The Morgan fingerprint density at radius 1 is 1.83 bits per heavy atom. The van der Waals surface area contributed by atoms with E-state index in [1.165, 1.54) is 6.39 Å². The third-order valence-electron chi connectivity index (χ3n) is 1.35. The molecule has 1 aromatic rings. The first-order chi connectivity index (χ1) is 5.75. The van der Waals surface area contributed by atoms with Gasteiger partial charge in [0.25, 0.3) is 5.91 Å². The molecule has 0 saturated carbocycles. The molecule has 0 saturated heterocycles. The van der Waals surface area contributed by atoms with Crippen LogP contribution in [0, 0.1) is 6.92 Å². The van der Waals surface area contributed by atoms with Crippen LogP contribution >= 0.6 is 0 Å². The Labute approximate surface area is 69.4 Å². The smallest absolute Gasteiger partial charge is 0.289 e. The normalized spacial score (nSPS) is 9.83. The third kappa shape index (κ3) is 1.82. The second-order valence-electron chi connectivity index (χ2n) is 2.25. The van der Waals surface area contributed by atoms with Crippen molar-refractivity contribution in [2.24, 2.45) is 0 Å². The average Bonchev–Trinajstić information content (AvgIpc) is 2.47. The molecule has 0 aliphatic rings. The first kappa shape index (κ1) is 8.73. The third-order valence-corrected chi connectivity index (χ3v) is 1.35. The van der Waals surface area contributed by atoms with E-state index >= 15 is 0 Å². The minimum Gasteiger partial charge on any atom is -0.438 e. The summed E-state index contributed by atoms with van der Waals surface area (Å²) in [6.07, 6.45) is 1.21. The molecule has 12 heavy (non-hydrogen) atoms. The highest BCUT2D eigenvalue weighted by molar-refractivity contribution is 5.92. The van der Waals surface area contributed by atoms with E-state index in [1.54, 1.807) is 6.92 Å². The van der Waals surface area contributed by atoms with Crippen LogP contribution in [0.4, 0.5) is 0 Å². The number of nitrogens with one attached hydrogen (secondary N) is 1. The topological polar surface area (TPSA) is 75.4 Å². The lowest BCUT2D eigenvalue weighted by Gasteiger charge is -1.98. The molecule has 66 valence electrons. The van der Waals surface area contributed by atoms with Crippen molar-refractivity contribution < 1.29 is 14.3 Å². The summed E-state index contributed by atoms with van der Waals surface area (Å²) in [6.45, 7) is 1.81. The van der Waals surface area contributed by atoms with Gasteiger partial charge in [0.2, 0.25) is 5.76 Å². The van der Waals surface area contributed by atoms with E-state index in [2.05, 4.69) is 10.3 Å². The van der Waals surface area contributed by atoms with Crippen molar-refractivity contribution in [1.82, 2.24) is 10.3 Å². The number of aliphatic hydroxyl groups is 1. The van der Waals surface area contributed by atoms with Crippen molar-refractivity contribution in [2.45, 2.75) is 6.92 Å². The highest BCUT2D eigenvalue weighted by atomic mass is 16.3. The highest BCUT2D eigenvalue weighted by Crippen LogP contribution is 2.03. The average molecular weight is 170 g/mol. The van der Waals surface area contributed by atoms with E-state index in [0.29, 0.717) is 5.69 Å². The van der Waals surface area contributed by atoms with E-state index in [0.717, 1.165) is 0 Å². The SMILES string of the molecule is Cc1ncoc1C(=O)NCCO. The van der Waals surface area contributed by atoms with Crippen LogP contribution in [0.3, 0.4) is 0 Å². The number of rotatable bonds is 3. The standard InChI is InChI=1S/C7H10N2O3/c1-5-6(12-4-9-5)7(11)8-2-3-10/h4,10H,2-3H2,1H3,(H,8,11). The Bertz CT molecular complexity index is 269. The lowest BCUT2D eigenvalue weighted by atomic mass is 10.3. The number of aromatic nitrogens is 1. The summed E-state index contributed by atoms with van der Waals surface area (Å²) in [4.78, 5) is 14.9. The van der Waals surface area contributed by atoms with Crippen molar-refractivity contribution in [2.75, 3.05) is 13.2 Å². The predicted molar refractivity (Wildman–Crippen MR) is 40.7 cm³/mol. The molecule has 1 amide bonds. The summed E-state index contributed by atoms with van der Waals surface area (Å²) in [5, 5.41) is 10.9. The molecule has 1 rings (SSSR count). The van der Waals surface area contributed by atoms with Crippen LogP contribution in [0.5, 0.6) is 0 Å². The van der Waals surface area contributed by atoms with Gasteiger partial charge >= 0.3 is 0 Å². The molecular formula is C7H10N2O3. The zero-order valence-electron chi connectivity index (χ0n) is 6.70. The maximum Gasteiger partial charge on any atom is 0.289 e. The Morgan fingerprint density at radius 2 is 2.58 bits per heavy atom. The van der Waals surface area contributed by atoms with E-state index in [-0.39, 0.29) is 24.8 Å². The van der Waals surface area contributed by atoms with Crippen LogP contribution in [0.25, 0.3) is 0 Å². The number of carbonyl (C=O) groups excluding carboxylic acids is 1. The Balaban J connectivity index is 2.59. The molecule has 0 aliphatic heterocycles. The fourth-order valence-electron chi connectivity index (χ4n) is 0.770. The van der Waals surface area contributed by atoms with E-state index in [4.69, 9.17) is 9.52 Å². The van der Waals surface area contributed by atoms with Gasteiger partial charge in [-0.1, -0.05) is 0 Å². The molecule has 5 nitrogen and oxygen atoms in total. The van der Waals surface area contributed by atoms with Gasteiger partial charge < -0.3 is 14.8 Å². The quantitative estimate of drug-likeness (QED) is 0.653. The second-order valence-corrected chi connectivity index (χ2v) is 2.25. The first-order valence-corrected chi connectivity index (χ1v) is 3.55.